The van der Waals surface area contributed by atoms with E-state index in [4.69, 9.17) is 0 Å². The molecule has 0 amide bonds. The first kappa shape index (κ1) is 9.58. The molecule has 0 saturated heterocycles. The maximum absolute atomic E-state index is 12.7. The van der Waals surface area contributed by atoms with E-state index in [-0.39, 0.29) is 11.6 Å². The summed E-state index contributed by atoms with van der Waals surface area (Å²) < 4.78 is 12.7. The molecule has 15 heavy (non-hydrogen) atoms. The number of hydrogen-bond acceptors (Lipinski definition) is 2. The van der Waals surface area contributed by atoms with Gasteiger partial charge in [0.15, 0.2) is 11.6 Å². The van der Waals surface area contributed by atoms with Gasteiger partial charge in [0.2, 0.25) is 0 Å². The van der Waals surface area contributed by atoms with Crippen molar-refractivity contribution >= 4 is 5.78 Å². The van der Waals surface area contributed by atoms with Crippen molar-refractivity contribution in [3.8, 4) is 11.3 Å². The van der Waals surface area contributed by atoms with Crippen molar-refractivity contribution in [1.29, 1.82) is 0 Å². The normalized spacial score (nSPS) is 10.3. The summed E-state index contributed by atoms with van der Waals surface area (Å²) in [7, 11) is 0. The number of ketones is 1. The second-order valence-corrected chi connectivity index (χ2v) is 3.21. The molecule has 1 N–H and O–H groups in total. The molecule has 4 heteroatoms. The lowest BCUT2D eigenvalue weighted by Crippen LogP contribution is -1.93. The van der Waals surface area contributed by atoms with E-state index >= 15 is 0 Å². The second kappa shape index (κ2) is 3.65. The fourth-order valence-corrected chi connectivity index (χ4v) is 1.28. The molecule has 1 aromatic carbocycles. The van der Waals surface area contributed by atoms with Gasteiger partial charge in [-0.05, 0) is 29.8 Å². The standard InChI is InChI=1S/C11H9FN2O/c1-7(15)11-13-6-10(14-11)8-2-4-9(12)5-3-8/h2-6H,1H3,(H,13,14). The fourth-order valence-electron chi connectivity index (χ4n) is 1.28. The zero-order valence-corrected chi connectivity index (χ0v) is 8.12. The Morgan fingerprint density at radius 2 is 2.00 bits per heavy atom. The predicted molar refractivity (Wildman–Crippen MR) is 54.0 cm³/mol. The van der Waals surface area contributed by atoms with Gasteiger partial charge in [0.1, 0.15) is 5.82 Å². The molecule has 1 aromatic heterocycles. The summed E-state index contributed by atoms with van der Waals surface area (Å²) in [6.45, 7) is 1.44. The molecule has 0 aliphatic carbocycles. The first-order valence-corrected chi connectivity index (χ1v) is 4.48. The van der Waals surface area contributed by atoms with Gasteiger partial charge in [-0.3, -0.25) is 4.79 Å². The number of Topliss-reactive ketones (excluding diaryl/α,β-unsaturated/α-hetero) is 1. The molecule has 0 saturated carbocycles. The van der Waals surface area contributed by atoms with Crippen molar-refractivity contribution in [2.45, 2.75) is 6.92 Å². The lowest BCUT2D eigenvalue weighted by atomic mass is 10.2. The number of H-pyrrole nitrogens is 1. The molecule has 0 aliphatic heterocycles. The monoisotopic (exact) mass is 204 g/mol. The number of halogens is 1. The molecular weight excluding hydrogens is 195 g/mol. The van der Waals surface area contributed by atoms with Crippen molar-refractivity contribution in [3.63, 3.8) is 0 Å². The molecule has 1 heterocycles. The molecule has 0 aliphatic rings. The molecule has 0 radical (unpaired) electrons. The third-order valence-electron chi connectivity index (χ3n) is 2.06. The summed E-state index contributed by atoms with van der Waals surface area (Å²) in [5, 5.41) is 0. The minimum absolute atomic E-state index is 0.122. The Balaban J connectivity index is 2.37. The topological polar surface area (TPSA) is 45.8 Å². The highest BCUT2D eigenvalue weighted by Crippen LogP contribution is 2.17. The number of carbonyl (C=O) groups excluding carboxylic acids is 1. The van der Waals surface area contributed by atoms with Gasteiger partial charge in [-0.1, -0.05) is 0 Å². The number of rotatable bonds is 2. The Labute approximate surface area is 86.0 Å². The number of hydrogen-bond donors (Lipinski definition) is 1. The lowest BCUT2D eigenvalue weighted by molar-refractivity contribution is 0.100. The minimum atomic E-state index is -0.287. The third-order valence-corrected chi connectivity index (χ3v) is 2.06. The molecule has 0 fully saturated rings. The van der Waals surface area contributed by atoms with Crippen LogP contribution in [-0.4, -0.2) is 15.8 Å². The van der Waals surface area contributed by atoms with Crippen molar-refractivity contribution in [1.82, 2.24) is 9.97 Å². The number of carbonyl (C=O) groups is 1. The zero-order valence-electron chi connectivity index (χ0n) is 8.12. The van der Waals surface area contributed by atoms with E-state index in [9.17, 15) is 9.18 Å². The van der Waals surface area contributed by atoms with Crippen molar-refractivity contribution < 1.29 is 9.18 Å². The average Bonchev–Trinajstić information content (AvgIpc) is 2.68. The minimum Gasteiger partial charge on any atom is -0.336 e. The first-order chi connectivity index (χ1) is 7.16. The molecular formula is C11H9FN2O. The highest BCUT2D eigenvalue weighted by atomic mass is 19.1. The zero-order chi connectivity index (χ0) is 10.8. The van der Waals surface area contributed by atoms with Crippen LogP contribution in [0.1, 0.15) is 17.5 Å². The van der Waals surface area contributed by atoms with Gasteiger partial charge in [-0.25, -0.2) is 9.37 Å². The van der Waals surface area contributed by atoms with Gasteiger partial charge in [0.25, 0.3) is 0 Å². The number of aromatic nitrogens is 2. The molecule has 0 unspecified atom stereocenters. The van der Waals surface area contributed by atoms with Crippen LogP contribution in [0.15, 0.2) is 30.5 Å². The van der Waals surface area contributed by atoms with Crippen molar-refractivity contribution in [2.75, 3.05) is 0 Å². The quantitative estimate of drug-likeness (QED) is 0.763. The molecule has 76 valence electrons. The molecule has 2 rings (SSSR count). The van der Waals surface area contributed by atoms with Gasteiger partial charge in [-0.15, -0.1) is 0 Å². The number of imidazole rings is 1. The van der Waals surface area contributed by atoms with E-state index in [0.29, 0.717) is 11.5 Å². The molecule has 0 bridgehead atoms. The van der Waals surface area contributed by atoms with Gasteiger partial charge in [0, 0.05) is 6.92 Å². The molecule has 0 spiro atoms. The highest BCUT2D eigenvalue weighted by molar-refractivity contribution is 5.90. The first-order valence-electron chi connectivity index (χ1n) is 4.48. The van der Waals surface area contributed by atoms with Gasteiger partial charge >= 0.3 is 0 Å². The van der Waals surface area contributed by atoms with Crippen LogP contribution in [0.4, 0.5) is 4.39 Å². The summed E-state index contributed by atoms with van der Waals surface area (Å²) in [6, 6.07) is 5.99. The van der Waals surface area contributed by atoms with E-state index in [1.54, 1.807) is 18.3 Å². The van der Waals surface area contributed by atoms with E-state index in [1.807, 2.05) is 0 Å². The Morgan fingerprint density at radius 1 is 1.33 bits per heavy atom. The maximum atomic E-state index is 12.7. The highest BCUT2D eigenvalue weighted by Gasteiger charge is 2.06. The fraction of sp³-hybridized carbons (Fsp3) is 0.0909. The summed E-state index contributed by atoms with van der Waals surface area (Å²) in [5.74, 6) is -0.0947. The number of benzene rings is 1. The third kappa shape index (κ3) is 1.93. The van der Waals surface area contributed by atoms with Crippen LogP contribution in [0.5, 0.6) is 0 Å². The second-order valence-electron chi connectivity index (χ2n) is 3.21. The largest absolute Gasteiger partial charge is 0.336 e. The Kier molecular flexibility index (Phi) is 2.33. The lowest BCUT2D eigenvalue weighted by Gasteiger charge is -1.95. The summed E-state index contributed by atoms with van der Waals surface area (Å²) in [4.78, 5) is 17.8. The number of aromatic amines is 1. The van der Waals surface area contributed by atoms with Crippen LogP contribution in [0.2, 0.25) is 0 Å². The maximum Gasteiger partial charge on any atom is 0.194 e. The number of nitrogens with zero attached hydrogens (tertiary/aromatic N) is 1. The van der Waals surface area contributed by atoms with Crippen LogP contribution >= 0.6 is 0 Å². The van der Waals surface area contributed by atoms with E-state index < -0.39 is 0 Å². The molecule has 3 nitrogen and oxygen atoms in total. The van der Waals surface area contributed by atoms with E-state index in [2.05, 4.69) is 9.97 Å². The van der Waals surface area contributed by atoms with Crippen LogP contribution in [0, 0.1) is 5.82 Å². The SMILES string of the molecule is CC(=O)c1ncc(-c2ccc(F)cc2)[nH]1. The summed E-state index contributed by atoms with van der Waals surface area (Å²) in [6.07, 6.45) is 1.56. The Bertz CT molecular complexity index is 488. The van der Waals surface area contributed by atoms with Crippen LogP contribution < -0.4 is 0 Å². The summed E-state index contributed by atoms with van der Waals surface area (Å²) in [5.41, 5.74) is 1.51. The van der Waals surface area contributed by atoms with Crippen molar-refractivity contribution in [3.05, 3.63) is 42.1 Å². The average molecular weight is 204 g/mol. The van der Waals surface area contributed by atoms with Crippen LogP contribution in [0.25, 0.3) is 11.3 Å². The van der Waals surface area contributed by atoms with Gasteiger partial charge in [-0.2, -0.15) is 0 Å². The Hall–Kier alpha value is -1.97. The van der Waals surface area contributed by atoms with Crippen LogP contribution in [-0.2, 0) is 0 Å². The molecule has 0 atom stereocenters. The molecule has 2 aromatic rings. The van der Waals surface area contributed by atoms with Crippen LogP contribution in [0.3, 0.4) is 0 Å². The van der Waals surface area contributed by atoms with Crippen molar-refractivity contribution in [2.24, 2.45) is 0 Å². The number of nitrogens with one attached hydrogen (secondary N) is 1. The van der Waals surface area contributed by atoms with Gasteiger partial charge < -0.3 is 4.98 Å². The predicted octanol–water partition coefficient (Wildman–Crippen LogP) is 2.42. The summed E-state index contributed by atoms with van der Waals surface area (Å²) >= 11 is 0. The smallest absolute Gasteiger partial charge is 0.194 e. The van der Waals surface area contributed by atoms with E-state index in [1.165, 1.54) is 19.1 Å². The van der Waals surface area contributed by atoms with Gasteiger partial charge in [0.05, 0.1) is 11.9 Å². The Morgan fingerprint density at radius 3 is 2.53 bits per heavy atom. The van der Waals surface area contributed by atoms with E-state index in [0.717, 1.165) is 5.56 Å².